The van der Waals surface area contributed by atoms with E-state index in [9.17, 15) is 13.2 Å². The van der Waals surface area contributed by atoms with Gasteiger partial charge < -0.3 is 10.1 Å². The molecule has 1 N–H and O–H groups in total. The van der Waals surface area contributed by atoms with Gasteiger partial charge in [0.2, 0.25) is 5.91 Å². The predicted molar refractivity (Wildman–Crippen MR) is 127 cm³/mol. The number of carbonyl (C=O) groups is 1. The van der Waals surface area contributed by atoms with E-state index in [0.29, 0.717) is 16.5 Å². The van der Waals surface area contributed by atoms with Gasteiger partial charge in [0.1, 0.15) is 12.3 Å². The van der Waals surface area contributed by atoms with Crippen LogP contribution in [-0.2, 0) is 14.8 Å². The number of amides is 1. The average Bonchev–Trinajstić information content (AvgIpc) is 2.78. The van der Waals surface area contributed by atoms with Gasteiger partial charge in [-0.2, -0.15) is 0 Å². The number of benzene rings is 3. The van der Waals surface area contributed by atoms with Crippen molar-refractivity contribution in [3.63, 3.8) is 0 Å². The lowest BCUT2D eigenvalue weighted by atomic mass is 10.1. The predicted octanol–water partition coefficient (Wildman–Crippen LogP) is 4.73. The van der Waals surface area contributed by atoms with Crippen LogP contribution in [0.1, 0.15) is 24.1 Å². The number of ether oxygens (including phenoxy) is 1. The van der Waals surface area contributed by atoms with E-state index >= 15 is 0 Å². The molecule has 0 aromatic heterocycles. The fourth-order valence-corrected chi connectivity index (χ4v) is 5.01. The van der Waals surface area contributed by atoms with Crippen LogP contribution in [0, 0.1) is 6.92 Å². The van der Waals surface area contributed by atoms with Gasteiger partial charge in [-0.3, -0.25) is 9.10 Å². The average molecular weight is 473 g/mol. The Bertz CT molecular complexity index is 1200. The van der Waals surface area contributed by atoms with Crippen LogP contribution < -0.4 is 14.4 Å². The summed E-state index contributed by atoms with van der Waals surface area (Å²) in [7, 11) is -2.45. The monoisotopic (exact) mass is 472 g/mol. The molecule has 6 nitrogen and oxygen atoms in total. The van der Waals surface area contributed by atoms with Crippen molar-refractivity contribution in [1.29, 1.82) is 0 Å². The molecule has 32 heavy (non-hydrogen) atoms. The summed E-state index contributed by atoms with van der Waals surface area (Å²) in [6.45, 7) is 3.24. The number of sulfonamides is 1. The Hall–Kier alpha value is -3.03. The van der Waals surface area contributed by atoms with E-state index in [0.717, 1.165) is 15.4 Å². The second kappa shape index (κ2) is 10.1. The Morgan fingerprint density at radius 2 is 1.66 bits per heavy atom. The molecule has 0 saturated carbocycles. The fourth-order valence-electron chi connectivity index (χ4n) is 3.40. The highest BCUT2D eigenvalue weighted by Crippen LogP contribution is 2.28. The molecule has 3 aromatic rings. The Labute approximate surface area is 193 Å². The number of rotatable bonds is 8. The maximum atomic E-state index is 13.5. The molecule has 168 valence electrons. The zero-order valence-corrected chi connectivity index (χ0v) is 19.7. The van der Waals surface area contributed by atoms with Gasteiger partial charge in [-0.1, -0.05) is 48.0 Å². The molecule has 3 aromatic carbocycles. The molecule has 0 radical (unpaired) electrons. The topological polar surface area (TPSA) is 75.7 Å². The molecule has 0 aliphatic carbocycles. The highest BCUT2D eigenvalue weighted by atomic mass is 35.5. The van der Waals surface area contributed by atoms with Crippen molar-refractivity contribution in [2.75, 3.05) is 18.0 Å². The number of hydrogen-bond donors (Lipinski definition) is 1. The van der Waals surface area contributed by atoms with E-state index in [1.165, 1.54) is 24.3 Å². The molecule has 0 unspecified atom stereocenters. The molecule has 0 saturated heterocycles. The van der Waals surface area contributed by atoms with Gasteiger partial charge in [0, 0.05) is 10.6 Å². The summed E-state index contributed by atoms with van der Waals surface area (Å²) in [5, 5.41) is 3.30. The van der Waals surface area contributed by atoms with E-state index in [2.05, 4.69) is 5.32 Å². The zero-order valence-electron chi connectivity index (χ0n) is 18.1. The molecular formula is C24H25ClN2O4S. The van der Waals surface area contributed by atoms with Crippen LogP contribution in [0.5, 0.6) is 5.75 Å². The van der Waals surface area contributed by atoms with Crippen LogP contribution >= 0.6 is 11.6 Å². The lowest BCUT2D eigenvalue weighted by Crippen LogP contribution is -2.42. The van der Waals surface area contributed by atoms with Crippen LogP contribution in [0.15, 0.2) is 77.7 Å². The molecular weight excluding hydrogens is 448 g/mol. The lowest BCUT2D eigenvalue weighted by molar-refractivity contribution is -0.120. The van der Waals surface area contributed by atoms with Crippen molar-refractivity contribution in [2.24, 2.45) is 0 Å². The van der Waals surface area contributed by atoms with Gasteiger partial charge in [0.25, 0.3) is 10.0 Å². The molecule has 1 amide bonds. The highest BCUT2D eigenvalue weighted by molar-refractivity contribution is 7.92. The molecule has 3 rings (SSSR count). The summed E-state index contributed by atoms with van der Waals surface area (Å²) >= 11 is 5.93. The normalized spacial score (nSPS) is 12.1. The number of hydrogen-bond acceptors (Lipinski definition) is 4. The van der Waals surface area contributed by atoms with E-state index in [4.69, 9.17) is 16.3 Å². The third-order valence-corrected chi connectivity index (χ3v) is 7.08. The highest BCUT2D eigenvalue weighted by Gasteiger charge is 2.28. The minimum atomic E-state index is -4.01. The summed E-state index contributed by atoms with van der Waals surface area (Å²) in [5.74, 6) is 0.203. The summed E-state index contributed by atoms with van der Waals surface area (Å²) in [6.07, 6.45) is 0. The summed E-state index contributed by atoms with van der Waals surface area (Å²) in [6, 6.07) is 19.9. The summed E-state index contributed by atoms with van der Waals surface area (Å²) in [4.78, 5) is 13.0. The van der Waals surface area contributed by atoms with Crippen molar-refractivity contribution < 1.29 is 17.9 Å². The third-order valence-electron chi connectivity index (χ3n) is 5.06. The number of nitrogens with one attached hydrogen (secondary N) is 1. The number of carbonyl (C=O) groups excluding carboxylic acids is 1. The van der Waals surface area contributed by atoms with Crippen molar-refractivity contribution in [3.8, 4) is 5.75 Å². The van der Waals surface area contributed by atoms with Crippen LogP contribution in [0.4, 0.5) is 5.69 Å². The van der Waals surface area contributed by atoms with E-state index < -0.39 is 15.9 Å². The van der Waals surface area contributed by atoms with Gasteiger partial charge in [-0.25, -0.2) is 8.42 Å². The molecule has 0 bridgehead atoms. The van der Waals surface area contributed by atoms with Crippen LogP contribution in [0.3, 0.4) is 0 Å². The number of para-hydroxylation sites is 2. The Kier molecular flexibility index (Phi) is 7.43. The number of halogens is 1. The largest absolute Gasteiger partial charge is 0.496 e. The van der Waals surface area contributed by atoms with Crippen LogP contribution in [0.25, 0.3) is 0 Å². The van der Waals surface area contributed by atoms with Crippen LogP contribution in [-0.4, -0.2) is 28.0 Å². The summed E-state index contributed by atoms with van der Waals surface area (Å²) < 4.78 is 33.4. The number of methoxy groups -OCH3 is 1. The standard InChI is InChI=1S/C24H25ClN2O4S/c1-17-8-4-6-10-22(17)27(32(29,30)20-14-12-19(25)13-15-20)16-24(28)26-18(2)21-9-5-7-11-23(21)31-3/h4-15,18H,16H2,1-3H3,(H,26,28)/t18-/m1/s1. The van der Waals surface area contributed by atoms with E-state index in [1.807, 2.05) is 37.3 Å². The first-order valence-corrected chi connectivity index (χ1v) is 11.8. The van der Waals surface area contributed by atoms with Gasteiger partial charge in [0.15, 0.2) is 0 Å². The first-order valence-electron chi connectivity index (χ1n) is 10.00. The summed E-state index contributed by atoms with van der Waals surface area (Å²) in [5.41, 5.74) is 1.96. The Morgan fingerprint density at radius 1 is 1.03 bits per heavy atom. The lowest BCUT2D eigenvalue weighted by Gasteiger charge is -2.26. The number of nitrogens with zero attached hydrogens (tertiary/aromatic N) is 1. The minimum absolute atomic E-state index is 0.0516. The molecule has 0 heterocycles. The molecule has 0 spiro atoms. The molecule has 1 atom stereocenters. The number of aryl methyl sites for hydroxylation is 1. The van der Waals surface area contributed by atoms with Gasteiger partial charge >= 0.3 is 0 Å². The van der Waals surface area contributed by atoms with Gasteiger partial charge in [-0.05, 0) is 55.8 Å². The van der Waals surface area contributed by atoms with E-state index in [1.54, 1.807) is 32.2 Å². The van der Waals surface area contributed by atoms with Crippen molar-refractivity contribution in [3.05, 3.63) is 88.9 Å². The quantitative estimate of drug-likeness (QED) is 0.514. The third kappa shape index (κ3) is 5.23. The zero-order chi connectivity index (χ0) is 23.3. The first-order chi connectivity index (χ1) is 15.2. The maximum absolute atomic E-state index is 13.5. The molecule has 8 heteroatoms. The second-order valence-electron chi connectivity index (χ2n) is 7.28. The molecule has 0 fully saturated rings. The van der Waals surface area contributed by atoms with Gasteiger partial charge in [0.05, 0.1) is 23.7 Å². The smallest absolute Gasteiger partial charge is 0.264 e. The SMILES string of the molecule is COc1ccccc1[C@@H](C)NC(=O)CN(c1ccccc1C)S(=O)(=O)c1ccc(Cl)cc1. The van der Waals surface area contributed by atoms with Gasteiger partial charge in [-0.15, -0.1) is 0 Å². The second-order valence-corrected chi connectivity index (χ2v) is 9.58. The van der Waals surface area contributed by atoms with Crippen molar-refractivity contribution in [2.45, 2.75) is 24.8 Å². The maximum Gasteiger partial charge on any atom is 0.264 e. The molecule has 0 aliphatic heterocycles. The number of anilines is 1. The van der Waals surface area contributed by atoms with Crippen molar-refractivity contribution in [1.82, 2.24) is 5.32 Å². The first kappa shape index (κ1) is 23.6. The minimum Gasteiger partial charge on any atom is -0.496 e. The fraction of sp³-hybridized carbons (Fsp3) is 0.208. The van der Waals surface area contributed by atoms with E-state index in [-0.39, 0.29) is 17.5 Å². The Balaban J connectivity index is 1.92. The molecule has 0 aliphatic rings. The Morgan fingerprint density at radius 3 is 2.31 bits per heavy atom. The van der Waals surface area contributed by atoms with Crippen LogP contribution in [0.2, 0.25) is 5.02 Å². The van der Waals surface area contributed by atoms with Crippen molar-refractivity contribution >= 4 is 33.2 Å².